The van der Waals surface area contributed by atoms with Gasteiger partial charge in [-0.1, -0.05) is 0 Å². The maximum atomic E-state index is 11.9. The van der Waals surface area contributed by atoms with Gasteiger partial charge in [0.1, 0.15) is 5.56 Å². The molecule has 1 aromatic rings. The van der Waals surface area contributed by atoms with Gasteiger partial charge in [-0.05, 0) is 25.0 Å². The Bertz CT molecular complexity index is 465. The van der Waals surface area contributed by atoms with E-state index < -0.39 is 17.6 Å². The number of methoxy groups -OCH3 is 1. The summed E-state index contributed by atoms with van der Waals surface area (Å²) >= 11 is 0. The van der Waals surface area contributed by atoms with E-state index in [0.29, 0.717) is 6.42 Å². The number of hydrogen-bond acceptors (Lipinski definition) is 4. The van der Waals surface area contributed by atoms with E-state index in [1.54, 1.807) is 12.3 Å². The van der Waals surface area contributed by atoms with Gasteiger partial charge in [-0.15, -0.1) is 0 Å². The molecule has 1 aromatic heterocycles. The zero-order valence-corrected chi connectivity index (χ0v) is 8.92. The number of aromatic nitrogens is 1. The number of rotatable bonds is 2. The van der Waals surface area contributed by atoms with E-state index in [1.165, 1.54) is 17.7 Å². The molecule has 2 atom stereocenters. The van der Waals surface area contributed by atoms with Crippen molar-refractivity contribution in [2.45, 2.75) is 25.0 Å². The first-order valence-electron chi connectivity index (χ1n) is 5.12. The van der Waals surface area contributed by atoms with E-state index in [0.717, 1.165) is 6.42 Å². The quantitative estimate of drug-likeness (QED) is 0.734. The monoisotopic (exact) mass is 223 g/mol. The summed E-state index contributed by atoms with van der Waals surface area (Å²) in [5.74, 6) is -0.645. The van der Waals surface area contributed by atoms with Crippen LogP contribution in [0.15, 0.2) is 23.1 Å². The summed E-state index contributed by atoms with van der Waals surface area (Å²) in [4.78, 5) is 23.2. The van der Waals surface area contributed by atoms with Crippen molar-refractivity contribution in [2.75, 3.05) is 7.11 Å². The van der Waals surface area contributed by atoms with Crippen molar-refractivity contribution in [1.29, 1.82) is 0 Å². The topological polar surface area (TPSA) is 68.5 Å². The molecule has 0 spiro atoms. The summed E-state index contributed by atoms with van der Waals surface area (Å²) in [6, 6.07) is 2.83. The lowest BCUT2D eigenvalue weighted by molar-refractivity contribution is 0.0293. The second-order valence-corrected chi connectivity index (χ2v) is 3.84. The third kappa shape index (κ3) is 1.63. The summed E-state index contributed by atoms with van der Waals surface area (Å²) < 4.78 is 5.92. The highest BCUT2D eigenvalue weighted by Gasteiger charge is 2.31. The van der Waals surface area contributed by atoms with E-state index in [-0.39, 0.29) is 11.6 Å². The standard InChI is InChI=1S/C11H13NO4/c1-16-11(15)7-3-2-6-12(10(7)14)8-4-5-9(8)13/h2-3,6,8-9,13H,4-5H2,1H3/t8-,9-/m0/s1. The van der Waals surface area contributed by atoms with Crippen LogP contribution in [-0.2, 0) is 4.74 Å². The number of aliphatic hydroxyl groups is 1. The number of pyridine rings is 1. The molecule has 0 aromatic carbocycles. The van der Waals surface area contributed by atoms with Gasteiger partial charge in [0.05, 0.1) is 19.3 Å². The lowest BCUT2D eigenvalue weighted by Crippen LogP contribution is -2.40. The number of nitrogens with zero attached hydrogens (tertiary/aromatic N) is 1. The van der Waals surface area contributed by atoms with Crippen LogP contribution in [0.1, 0.15) is 29.2 Å². The molecule has 1 aliphatic carbocycles. The number of carbonyl (C=O) groups excluding carboxylic acids is 1. The van der Waals surface area contributed by atoms with Gasteiger partial charge in [0, 0.05) is 6.20 Å². The van der Waals surface area contributed by atoms with Crippen molar-refractivity contribution in [1.82, 2.24) is 4.57 Å². The lowest BCUT2D eigenvalue weighted by Gasteiger charge is -2.33. The number of carbonyl (C=O) groups is 1. The van der Waals surface area contributed by atoms with E-state index in [4.69, 9.17) is 0 Å². The molecule has 0 unspecified atom stereocenters. The van der Waals surface area contributed by atoms with Gasteiger partial charge in [0.15, 0.2) is 0 Å². The number of ether oxygens (including phenoxy) is 1. The largest absolute Gasteiger partial charge is 0.465 e. The molecular weight excluding hydrogens is 210 g/mol. The molecule has 0 saturated heterocycles. The van der Waals surface area contributed by atoms with Gasteiger partial charge in [-0.2, -0.15) is 0 Å². The molecule has 0 radical (unpaired) electrons. The van der Waals surface area contributed by atoms with Gasteiger partial charge in [0.25, 0.3) is 5.56 Å². The highest BCUT2D eigenvalue weighted by atomic mass is 16.5. The first kappa shape index (κ1) is 10.9. The zero-order chi connectivity index (χ0) is 11.7. The molecule has 0 amide bonds. The van der Waals surface area contributed by atoms with E-state index in [2.05, 4.69) is 4.74 Å². The minimum absolute atomic E-state index is 0.00380. The molecule has 1 aliphatic rings. The smallest absolute Gasteiger partial charge is 0.343 e. The van der Waals surface area contributed by atoms with E-state index in [9.17, 15) is 14.7 Å². The van der Waals surface area contributed by atoms with Crippen LogP contribution in [0.3, 0.4) is 0 Å². The minimum Gasteiger partial charge on any atom is -0.465 e. The van der Waals surface area contributed by atoms with Crippen molar-refractivity contribution in [2.24, 2.45) is 0 Å². The molecule has 1 N–H and O–H groups in total. The number of aliphatic hydroxyl groups excluding tert-OH is 1. The summed E-state index contributed by atoms with van der Waals surface area (Å²) in [7, 11) is 1.23. The maximum absolute atomic E-state index is 11.9. The summed E-state index contributed by atoms with van der Waals surface area (Å²) in [6.07, 6.45) is 2.54. The van der Waals surface area contributed by atoms with Crippen LogP contribution in [0, 0.1) is 0 Å². The molecule has 1 saturated carbocycles. The Morgan fingerprint density at radius 2 is 2.31 bits per heavy atom. The fourth-order valence-corrected chi connectivity index (χ4v) is 1.83. The van der Waals surface area contributed by atoms with Gasteiger partial charge in [-0.25, -0.2) is 4.79 Å². The summed E-state index contributed by atoms with van der Waals surface area (Å²) in [6.45, 7) is 0. The molecule has 1 heterocycles. The summed E-state index contributed by atoms with van der Waals surface area (Å²) in [5, 5.41) is 9.50. The van der Waals surface area contributed by atoms with Crippen LogP contribution < -0.4 is 5.56 Å². The first-order valence-corrected chi connectivity index (χ1v) is 5.12. The van der Waals surface area contributed by atoms with Gasteiger partial charge < -0.3 is 14.4 Å². The fraction of sp³-hybridized carbons (Fsp3) is 0.455. The third-order valence-electron chi connectivity index (χ3n) is 2.94. The Morgan fingerprint density at radius 3 is 2.81 bits per heavy atom. The molecule has 0 aliphatic heterocycles. The molecule has 5 heteroatoms. The fourth-order valence-electron chi connectivity index (χ4n) is 1.83. The molecule has 86 valence electrons. The van der Waals surface area contributed by atoms with Crippen LogP contribution in [0.4, 0.5) is 0 Å². The first-order chi connectivity index (χ1) is 7.65. The minimum atomic E-state index is -0.645. The van der Waals surface area contributed by atoms with Gasteiger partial charge >= 0.3 is 5.97 Å². The Balaban J connectivity index is 2.41. The lowest BCUT2D eigenvalue weighted by atomic mass is 9.89. The second-order valence-electron chi connectivity index (χ2n) is 3.84. The summed E-state index contributed by atoms with van der Waals surface area (Å²) in [5.41, 5.74) is -0.401. The van der Waals surface area contributed by atoms with Crippen molar-refractivity contribution in [3.8, 4) is 0 Å². The Morgan fingerprint density at radius 1 is 1.56 bits per heavy atom. The van der Waals surface area contributed by atoms with Crippen molar-refractivity contribution in [3.63, 3.8) is 0 Å². The van der Waals surface area contributed by atoms with Crippen LogP contribution in [0.25, 0.3) is 0 Å². The average Bonchev–Trinajstić information content (AvgIpc) is 2.29. The molecule has 5 nitrogen and oxygen atoms in total. The molecule has 1 fully saturated rings. The van der Waals surface area contributed by atoms with Crippen LogP contribution in [0.2, 0.25) is 0 Å². The zero-order valence-electron chi connectivity index (χ0n) is 8.92. The van der Waals surface area contributed by atoms with Crippen molar-refractivity contribution < 1.29 is 14.6 Å². The van der Waals surface area contributed by atoms with E-state index >= 15 is 0 Å². The third-order valence-corrected chi connectivity index (χ3v) is 2.94. The molecule has 16 heavy (non-hydrogen) atoms. The Kier molecular flexibility index (Phi) is 2.78. The molecular formula is C11H13NO4. The van der Waals surface area contributed by atoms with Crippen LogP contribution in [0.5, 0.6) is 0 Å². The SMILES string of the molecule is COC(=O)c1cccn([C@H]2CC[C@@H]2O)c1=O. The van der Waals surface area contributed by atoms with Crippen LogP contribution in [-0.4, -0.2) is 28.9 Å². The molecule has 0 bridgehead atoms. The average molecular weight is 223 g/mol. The van der Waals surface area contributed by atoms with Crippen molar-refractivity contribution in [3.05, 3.63) is 34.2 Å². The normalized spacial score (nSPS) is 23.6. The van der Waals surface area contributed by atoms with Crippen LogP contribution >= 0.6 is 0 Å². The number of esters is 1. The number of hydrogen-bond donors (Lipinski definition) is 1. The van der Waals surface area contributed by atoms with Crippen molar-refractivity contribution >= 4 is 5.97 Å². The van der Waals surface area contributed by atoms with E-state index in [1.807, 2.05) is 0 Å². The Hall–Kier alpha value is -1.62. The maximum Gasteiger partial charge on any atom is 0.343 e. The second kappa shape index (κ2) is 4.09. The van der Waals surface area contributed by atoms with Gasteiger partial charge in [-0.3, -0.25) is 4.79 Å². The van der Waals surface area contributed by atoms with Gasteiger partial charge in [0.2, 0.25) is 0 Å². The Labute approximate surface area is 92.3 Å². The predicted octanol–water partition coefficient (Wildman–Crippen LogP) is 0.331. The highest BCUT2D eigenvalue weighted by Crippen LogP contribution is 2.30. The molecule has 2 rings (SSSR count). The predicted molar refractivity (Wildman–Crippen MR) is 56.3 cm³/mol. The highest BCUT2D eigenvalue weighted by molar-refractivity contribution is 5.88.